The summed E-state index contributed by atoms with van der Waals surface area (Å²) in [5, 5.41) is 3.29. The lowest BCUT2D eigenvalue weighted by molar-refractivity contribution is -0.130. The minimum atomic E-state index is -0.647. The highest BCUT2D eigenvalue weighted by atomic mass is 16.5. The number of likely N-dealkylation sites (N-methyl/N-ethyl adjacent to an activating group) is 1. The van der Waals surface area contributed by atoms with Crippen LogP contribution < -0.4 is 11.1 Å². The van der Waals surface area contributed by atoms with Gasteiger partial charge in [-0.15, -0.1) is 0 Å². The van der Waals surface area contributed by atoms with Crippen LogP contribution in [0.15, 0.2) is 0 Å². The summed E-state index contributed by atoms with van der Waals surface area (Å²) >= 11 is 0. The van der Waals surface area contributed by atoms with E-state index in [0.717, 1.165) is 45.6 Å². The number of nitrogens with one attached hydrogen (secondary N) is 1. The molecule has 1 amide bonds. The number of nitrogens with zero attached hydrogens (tertiary/aromatic N) is 1. The molecule has 5 heteroatoms. The molecule has 0 saturated carbocycles. The molecular weight excluding hydrogens is 218 g/mol. The van der Waals surface area contributed by atoms with Gasteiger partial charge in [0.15, 0.2) is 0 Å². The number of hydrogen-bond donors (Lipinski definition) is 2. The summed E-state index contributed by atoms with van der Waals surface area (Å²) in [6, 6.07) is 0. The van der Waals surface area contributed by atoms with E-state index in [0.29, 0.717) is 6.61 Å². The van der Waals surface area contributed by atoms with E-state index in [-0.39, 0.29) is 5.91 Å². The number of carbonyl (C=O) groups excluding carboxylic acids is 1. The number of primary amides is 1. The van der Waals surface area contributed by atoms with Crippen LogP contribution in [0.2, 0.25) is 0 Å². The summed E-state index contributed by atoms with van der Waals surface area (Å²) in [4.78, 5) is 13.9. The Morgan fingerprint density at radius 3 is 2.65 bits per heavy atom. The molecule has 1 heterocycles. The maximum absolute atomic E-state index is 11.6. The van der Waals surface area contributed by atoms with Crippen LogP contribution in [0.5, 0.6) is 0 Å². The van der Waals surface area contributed by atoms with Gasteiger partial charge >= 0.3 is 0 Å². The van der Waals surface area contributed by atoms with Gasteiger partial charge < -0.3 is 20.7 Å². The van der Waals surface area contributed by atoms with Crippen molar-refractivity contribution in [2.24, 2.45) is 5.73 Å². The molecule has 1 fully saturated rings. The molecular formula is C12H25N3O2. The lowest BCUT2D eigenvalue weighted by Crippen LogP contribution is -2.61. The number of rotatable bonds is 7. The van der Waals surface area contributed by atoms with Crippen LogP contribution in [0.4, 0.5) is 0 Å². The van der Waals surface area contributed by atoms with Crippen LogP contribution in [0, 0.1) is 0 Å². The minimum absolute atomic E-state index is 0.295. The molecule has 0 radical (unpaired) electrons. The van der Waals surface area contributed by atoms with Gasteiger partial charge in [0.25, 0.3) is 0 Å². The van der Waals surface area contributed by atoms with Gasteiger partial charge in [-0.1, -0.05) is 13.8 Å². The number of amides is 1. The van der Waals surface area contributed by atoms with Gasteiger partial charge in [-0.3, -0.25) is 4.79 Å². The fourth-order valence-corrected chi connectivity index (χ4v) is 2.21. The van der Waals surface area contributed by atoms with Gasteiger partial charge in [0.2, 0.25) is 5.91 Å². The lowest BCUT2D eigenvalue weighted by Gasteiger charge is -2.35. The summed E-state index contributed by atoms with van der Waals surface area (Å²) in [7, 11) is 0. The molecule has 0 aromatic rings. The first-order valence-corrected chi connectivity index (χ1v) is 6.49. The number of nitrogens with two attached hydrogens (primary N) is 1. The summed E-state index contributed by atoms with van der Waals surface area (Å²) in [6.45, 7) is 9.16. The summed E-state index contributed by atoms with van der Waals surface area (Å²) in [5.41, 5.74) is 4.84. The third kappa shape index (κ3) is 3.94. The molecule has 0 aromatic heterocycles. The van der Waals surface area contributed by atoms with Crippen molar-refractivity contribution in [1.29, 1.82) is 0 Å². The zero-order chi connectivity index (χ0) is 12.7. The van der Waals surface area contributed by atoms with Crippen molar-refractivity contribution in [1.82, 2.24) is 10.2 Å². The second kappa shape index (κ2) is 6.93. The predicted octanol–water partition coefficient (Wildman–Crippen LogP) is -0.0477. The number of carbonyl (C=O) groups is 1. The Morgan fingerprint density at radius 1 is 1.47 bits per heavy atom. The van der Waals surface area contributed by atoms with Gasteiger partial charge in [-0.2, -0.15) is 0 Å². The average molecular weight is 243 g/mol. The van der Waals surface area contributed by atoms with Crippen molar-refractivity contribution in [3.05, 3.63) is 0 Å². The molecule has 0 spiro atoms. The van der Waals surface area contributed by atoms with E-state index in [9.17, 15) is 4.79 Å². The highest BCUT2D eigenvalue weighted by Gasteiger charge is 2.38. The molecule has 1 atom stereocenters. The molecule has 1 saturated heterocycles. The Hall–Kier alpha value is -0.650. The monoisotopic (exact) mass is 243 g/mol. The maximum Gasteiger partial charge on any atom is 0.240 e. The second-order valence-electron chi connectivity index (χ2n) is 4.56. The van der Waals surface area contributed by atoms with E-state index in [1.807, 2.05) is 0 Å². The van der Waals surface area contributed by atoms with Gasteiger partial charge in [0.1, 0.15) is 5.54 Å². The predicted molar refractivity (Wildman–Crippen MR) is 67.8 cm³/mol. The third-order valence-electron chi connectivity index (χ3n) is 3.50. The smallest absolute Gasteiger partial charge is 0.240 e. The average Bonchev–Trinajstić information content (AvgIpc) is 2.35. The SMILES string of the molecule is CCN(CC)CCNC1(C(N)=O)CCCOC1. The first-order valence-electron chi connectivity index (χ1n) is 6.49. The Labute approximate surface area is 104 Å². The molecule has 17 heavy (non-hydrogen) atoms. The molecule has 0 aromatic carbocycles. The van der Waals surface area contributed by atoms with Crippen molar-refractivity contribution in [2.45, 2.75) is 32.2 Å². The van der Waals surface area contributed by atoms with Gasteiger partial charge in [0, 0.05) is 19.7 Å². The zero-order valence-electron chi connectivity index (χ0n) is 11.0. The van der Waals surface area contributed by atoms with E-state index in [1.54, 1.807) is 0 Å². The van der Waals surface area contributed by atoms with E-state index < -0.39 is 5.54 Å². The first kappa shape index (κ1) is 14.4. The van der Waals surface area contributed by atoms with Crippen LogP contribution in [-0.2, 0) is 9.53 Å². The Balaban J connectivity index is 2.42. The fraction of sp³-hybridized carbons (Fsp3) is 0.917. The van der Waals surface area contributed by atoms with Crippen LogP contribution >= 0.6 is 0 Å². The topological polar surface area (TPSA) is 67.6 Å². The molecule has 100 valence electrons. The molecule has 1 aliphatic heterocycles. The Morgan fingerprint density at radius 2 is 2.18 bits per heavy atom. The molecule has 3 N–H and O–H groups in total. The fourth-order valence-electron chi connectivity index (χ4n) is 2.21. The molecule has 1 unspecified atom stereocenters. The van der Waals surface area contributed by atoms with E-state index in [4.69, 9.17) is 10.5 Å². The highest BCUT2D eigenvalue weighted by Crippen LogP contribution is 2.18. The van der Waals surface area contributed by atoms with E-state index in [1.165, 1.54) is 0 Å². The van der Waals surface area contributed by atoms with E-state index in [2.05, 4.69) is 24.1 Å². The maximum atomic E-state index is 11.6. The molecule has 5 nitrogen and oxygen atoms in total. The minimum Gasteiger partial charge on any atom is -0.379 e. The van der Waals surface area contributed by atoms with Crippen molar-refractivity contribution >= 4 is 5.91 Å². The molecule has 1 aliphatic rings. The normalized spacial score (nSPS) is 25.1. The van der Waals surface area contributed by atoms with Crippen LogP contribution in [0.25, 0.3) is 0 Å². The standard InChI is InChI=1S/C12H25N3O2/c1-3-15(4-2)8-7-14-12(11(13)16)6-5-9-17-10-12/h14H,3-10H2,1-2H3,(H2,13,16). The van der Waals surface area contributed by atoms with E-state index >= 15 is 0 Å². The quantitative estimate of drug-likeness (QED) is 0.658. The van der Waals surface area contributed by atoms with Gasteiger partial charge in [-0.25, -0.2) is 0 Å². The Bertz CT molecular complexity index is 236. The molecule has 0 bridgehead atoms. The highest BCUT2D eigenvalue weighted by molar-refractivity contribution is 5.85. The largest absolute Gasteiger partial charge is 0.379 e. The summed E-state index contributed by atoms with van der Waals surface area (Å²) < 4.78 is 5.38. The lowest BCUT2D eigenvalue weighted by atomic mass is 9.91. The number of ether oxygens (including phenoxy) is 1. The first-order chi connectivity index (χ1) is 8.14. The van der Waals surface area contributed by atoms with Crippen molar-refractivity contribution < 1.29 is 9.53 Å². The number of hydrogen-bond acceptors (Lipinski definition) is 4. The summed E-state index contributed by atoms with van der Waals surface area (Å²) in [5.74, 6) is -0.295. The zero-order valence-corrected chi connectivity index (χ0v) is 11.0. The van der Waals surface area contributed by atoms with Gasteiger partial charge in [-0.05, 0) is 25.9 Å². The van der Waals surface area contributed by atoms with Crippen molar-refractivity contribution in [2.75, 3.05) is 39.4 Å². The second-order valence-corrected chi connectivity index (χ2v) is 4.56. The summed E-state index contributed by atoms with van der Waals surface area (Å²) in [6.07, 6.45) is 1.67. The third-order valence-corrected chi connectivity index (χ3v) is 3.50. The van der Waals surface area contributed by atoms with Crippen molar-refractivity contribution in [3.8, 4) is 0 Å². The Kier molecular flexibility index (Phi) is 5.88. The molecule has 0 aliphatic carbocycles. The molecule has 1 rings (SSSR count). The van der Waals surface area contributed by atoms with Crippen LogP contribution in [-0.4, -0.2) is 55.7 Å². The van der Waals surface area contributed by atoms with Crippen LogP contribution in [0.1, 0.15) is 26.7 Å². The van der Waals surface area contributed by atoms with Crippen LogP contribution in [0.3, 0.4) is 0 Å². The van der Waals surface area contributed by atoms with Crippen molar-refractivity contribution in [3.63, 3.8) is 0 Å². The van der Waals surface area contributed by atoms with Gasteiger partial charge in [0.05, 0.1) is 6.61 Å².